The summed E-state index contributed by atoms with van der Waals surface area (Å²) in [5.41, 5.74) is 0.826. The summed E-state index contributed by atoms with van der Waals surface area (Å²) in [7, 11) is -3.46. The molecular weight excluding hydrogens is 347 g/mol. The number of hydrogen-bond donors (Lipinski definition) is 2. The van der Waals surface area contributed by atoms with Crippen molar-refractivity contribution in [3.05, 3.63) is 58.1 Å². The Morgan fingerprint density at radius 3 is 2.27 bits per heavy atom. The van der Waals surface area contributed by atoms with E-state index in [1.807, 2.05) is 0 Å². The van der Waals surface area contributed by atoms with Crippen molar-refractivity contribution in [3.63, 3.8) is 0 Å². The second-order valence-corrected chi connectivity index (χ2v) is 7.09. The third kappa shape index (κ3) is 4.37. The van der Waals surface area contributed by atoms with Crippen LogP contribution in [0.5, 0.6) is 0 Å². The van der Waals surface area contributed by atoms with Crippen molar-refractivity contribution in [2.45, 2.75) is 0 Å². The summed E-state index contributed by atoms with van der Waals surface area (Å²) in [6, 6.07) is 10.9. The maximum Gasteiger partial charge on any atom is 0.257 e. The summed E-state index contributed by atoms with van der Waals surface area (Å²) in [5.74, 6) is -0.468. The molecule has 0 radical (unpaired) electrons. The number of carbonyl (C=O) groups is 1. The van der Waals surface area contributed by atoms with E-state index in [-0.39, 0.29) is 16.3 Å². The molecule has 0 unspecified atom stereocenters. The van der Waals surface area contributed by atoms with E-state index in [2.05, 4.69) is 10.0 Å². The number of hydrogen-bond acceptors (Lipinski definition) is 3. The number of nitrogens with one attached hydrogen (secondary N) is 2. The van der Waals surface area contributed by atoms with Crippen LogP contribution in [0.1, 0.15) is 10.4 Å². The lowest BCUT2D eigenvalue weighted by atomic mass is 10.2. The number of para-hydroxylation sites is 2. The van der Waals surface area contributed by atoms with Crippen molar-refractivity contribution in [2.24, 2.45) is 0 Å². The van der Waals surface area contributed by atoms with Crippen LogP contribution < -0.4 is 10.0 Å². The minimum atomic E-state index is -3.46. The van der Waals surface area contributed by atoms with Crippen molar-refractivity contribution in [1.29, 1.82) is 0 Å². The lowest BCUT2D eigenvalue weighted by Gasteiger charge is -2.12. The number of benzene rings is 2. The predicted octanol–water partition coefficient (Wildman–Crippen LogP) is 3.62. The minimum Gasteiger partial charge on any atom is -0.320 e. The standard InChI is InChI=1S/C14H12Cl2N2O3S/c1-22(20,21)18-13-5-3-2-4-12(13)17-14(19)10-7-6-9(15)8-11(10)16/h2-8,18H,1H3,(H,17,19). The largest absolute Gasteiger partial charge is 0.320 e. The van der Waals surface area contributed by atoms with Crippen LogP contribution in [0.15, 0.2) is 42.5 Å². The zero-order valence-electron chi connectivity index (χ0n) is 11.4. The molecule has 0 aliphatic heterocycles. The highest BCUT2D eigenvalue weighted by Gasteiger charge is 2.14. The van der Waals surface area contributed by atoms with Gasteiger partial charge in [0.25, 0.3) is 5.91 Å². The molecule has 1 amide bonds. The molecule has 0 aromatic heterocycles. The molecule has 5 nitrogen and oxygen atoms in total. The van der Waals surface area contributed by atoms with Crippen LogP contribution in [0.4, 0.5) is 11.4 Å². The molecule has 2 N–H and O–H groups in total. The Bertz CT molecular complexity index is 823. The number of rotatable bonds is 4. The lowest BCUT2D eigenvalue weighted by molar-refractivity contribution is 0.102. The van der Waals surface area contributed by atoms with E-state index < -0.39 is 15.9 Å². The Kier molecular flexibility index (Phi) is 4.95. The summed E-state index contributed by atoms with van der Waals surface area (Å²) in [6.45, 7) is 0. The molecule has 2 aromatic rings. The first-order valence-corrected chi connectivity index (χ1v) is 8.74. The molecule has 0 spiro atoms. The summed E-state index contributed by atoms with van der Waals surface area (Å²) in [4.78, 5) is 12.2. The van der Waals surface area contributed by atoms with Crippen molar-refractivity contribution in [2.75, 3.05) is 16.3 Å². The fourth-order valence-corrected chi connectivity index (χ4v) is 2.82. The maximum atomic E-state index is 12.2. The highest BCUT2D eigenvalue weighted by atomic mass is 35.5. The Morgan fingerprint density at radius 1 is 1.05 bits per heavy atom. The van der Waals surface area contributed by atoms with Crippen LogP contribution in [0.3, 0.4) is 0 Å². The van der Waals surface area contributed by atoms with Gasteiger partial charge in [0, 0.05) is 5.02 Å². The van der Waals surface area contributed by atoms with Gasteiger partial charge in [-0.05, 0) is 30.3 Å². The van der Waals surface area contributed by atoms with Crippen LogP contribution >= 0.6 is 23.2 Å². The molecule has 8 heteroatoms. The minimum absolute atomic E-state index is 0.207. The predicted molar refractivity (Wildman–Crippen MR) is 89.3 cm³/mol. The Hall–Kier alpha value is -1.76. The number of halogens is 2. The van der Waals surface area contributed by atoms with Gasteiger partial charge in [0.15, 0.2) is 0 Å². The van der Waals surface area contributed by atoms with E-state index in [1.54, 1.807) is 30.3 Å². The highest BCUT2D eigenvalue weighted by Crippen LogP contribution is 2.25. The Labute approximate surface area is 138 Å². The van der Waals surface area contributed by atoms with Gasteiger partial charge in [0.2, 0.25) is 10.0 Å². The molecule has 2 aromatic carbocycles. The smallest absolute Gasteiger partial charge is 0.257 e. The van der Waals surface area contributed by atoms with Gasteiger partial charge in [0.1, 0.15) is 0 Å². The van der Waals surface area contributed by atoms with Gasteiger partial charge in [-0.2, -0.15) is 0 Å². The van der Waals surface area contributed by atoms with Gasteiger partial charge in [-0.25, -0.2) is 8.42 Å². The summed E-state index contributed by atoms with van der Waals surface area (Å²) < 4.78 is 25.0. The molecule has 0 aliphatic rings. The van der Waals surface area contributed by atoms with Crippen molar-refractivity contribution >= 4 is 50.5 Å². The Balaban J connectivity index is 2.29. The molecule has 2 rings (SSSR count). The summed E-state index contributed by atoms with van der Waals surface area (Å²) in [6.07, 6.45) is 1.03. The molecule has 22 heavy (non-hydrogen) atoms. The van der Waals surface area contributed by atoms with E-state index in [1.165, 1.54) is 12.1 Å². The molecule has 0 bridgehead atoms. The number of amides is 1. The monoisotopic (exact) mass is 358 g/mol. The zero-order valence-corrected chi connectivity index (χ0v) is 13.8. The molecule has 0 atom stereocenters. The second kappa shape index (κ2) is 6.56. The van der Waals surface area contributed by atoms with Gasteiger partial charge in [-0.3, -0.25) is 9.52 Å². The van der Waals surface area contributed by atoms with E-state index in [4.69, 9.17) is 23.2 Å². The second-order valence-electron chi connectivity index (χ2n) is 4.50. The molecule has 116 valence electrons. The number of sulfonamides is 1. The van der Waals surface area contributed by atoms with Crippen LogP contribution in [-0.4, -0.2) is 20.6 Å². The van der Waals surface area contributed by atoms with Gasteiger partial charge >= 0.3 is 0 Å². The normalized spacial score (nSPS) is 11.0. The van der Waals surface area contributed by atoms with Gasteiger partial charge in [-0.15, -0.1) is 0 Å². The Morgan fingerprint density at radius 2 is 1.68 bits per heavy atom. The lowest BCUT2D eigenvalue weighted by Crippen LogP contribution is -2.16. The van der Waals surface area contributed by atoms with E-state index in [9.17, 15) is 13.2 Å². The number of carbonyl (C=O) groups excluding carboxylic acids is 1. The van der Waals surface area contributed by atoms with E-state index >= 15 is 0 Å². The van der Waals surface area contributed by atoms with Crippen molar-refractivity contribution in [1.82, 2.24) is 0 Å². The van der Waals surface area contributed by atoms with Gasteiger partial charge in [-0.1, -0.05) is 35.3 Å². The quantitative estimate of drug-likeness (QED) is 0.876. The SMILES string of the molecule is CS(=O)(=O)Nc1ccccc1NC(=O)c1ccc(Cl)cc1Cl. The molecule has 0 fully saturated rings. The number of anilines is 2. The molecule has 0 heterocycles. The fraction of sp³-hybridized carbons (Fsp3) is 0.0714. The molecular formula is C14H12Cl2N2O3S. The third-order valence-electron chi connectivity index (χ3n) is 2.65. The first-order chi connectivity index (χ1) is 10.3. The average Bonchev–Trinajstić information content (AvgIpc) is 2.39. The van der Waals surface area contributed by atoms with Crippen LogP contribution in [-0.2, 0) is 10.0 Å². The van der Waals surface area contributed by atoms with Crippen LogP contribution in [0.25, 0.3) is 0 Å². The van der Waals surface area contributed by atoms with Gasteiger partial charge in [0.05, 0.1) is 28.2 Å². The summed E-state index contributed by atoms with van der Waals surface area (Å²) in [5, 5.41) is 3.24. The summed E-state index contributed by atoms with van der Waals surface area (Å²) >= 11 is 11.8. The van der Waals surface area contributed by atoms with Gasteiger partial charge < -0.3 is 5.32 Å². The average molecular weight is 359 g/mol. The third-order valence-corrected chi connectivity index (χ3v) is 3.78. The van der Waals surface area contributed by atoms with Crippen LogP contribution in [0, 0.1) is 0 Å². The highest BCUT2D eigenvalue weighted by molar-refractivity contribution is 7.92. The molecule has 0 aliphatic carbocycles. The fourth-order valence-electron chi connectivity index (χ4n) is 1.74. The van der Waals surface area contributed by atoms with Crippen molar-refractivity contribution in [3.8, 4) is 0 Å². The molecule has 0 saturated heterocycles. The van der Waals surface area contributed by atoms with E-state index in [0.717, 1.165) is 6.26 Å². The van der Waals surface area contributed by atoms with E-state index in [0.29, 0.717) is 10.7 Å². The maximum absolute atomic E-state index is 12.2. The topological polar surface area (TPSA) is 75.3 Å². The first-order valence-electron chi connectivity index (χ1n) is 6.09. The van der Waals surface area contributed by atoms with Crippen molar-refractivity contribution < 1.29 is 13.2 Å². The zero-order chi connectivity index (χ0) is 16.3. The first kappa shape index (κ1) is 16.6. The molecule has 0 saturated carbocycles. The van der Waals surface area contributed by atoms with Crippen LogP contribution in [0.2, 0.25) is 10.0 Å².